The van der Waals surface area contributed by atoms with Gasteiger partial charge in [0.25, 0.3) is 5.91 Å². The van der Waals surface area contributed by atoms with Gasteiger partial charge in [0.05, 0.1) is 12.3 Å². The van der Waals surface area contributed by atoms with Gasteiger partial charge in [-0.2, -0.15) is 0 Å². The van der Waals surface area contributed by atoms with E-state index in [0.717, 1.165) is 49.0 Å². The second-order valence-electron chi connectivity index (χ2n) is 10.6. The minimum atomic E-state index is -1.01. The van der Waals surface area contributed by atoms with Gasteiger partial charge in [-0.3, -0.25) is 9.69 Å². The van der Waals surface area contributed by atoms with Gasteiger partial charge in [0.1, 0.15) is 5.76 Å². The molecule has 2 spiro atoms. The molecule has 0 radical (unpaired) electrons. The van der Waals surface area contributed by atoms with Gasteiger partial charge in [0.2, 0.25) is 0 Å². The average Bonchev–Trinajstić information content (AvgIpc) is 3.47. The molecule has 1 amide bonds. The molecule has 35 heavy (non-hydrogen) atoms. The zero-order valence-electron chi connectivity index (χ0n) is 20.5. The fourth-order valence-electron chi connectivity index (χ4n) is 6.30. The lowest BCUT2D eigenvalue weighted by Gasteiger charge is -2.45. The quantitative estimate of drug-likeness (QED) is 0.688. The Balaban J connectivity index is 1.38. The Morgan fingerprint density at radius 2 is 2.06 bits per heavy atom. The first kappa shape index (κ1) is 22.4. The van der Waals surface area contributed by atoms with Gasteiger partial charge in [-0.1, -0.05) is 17.9 Å². The molecule has 1 aliphatic heterocycles. The number of aryl methyl sites for hydroxylation is 1. The molecular formula is C28H32N4O3. The molecule has 182 valence electrons. The van der Waals surface area contributed by atoms with Crippen molar-refractivity contribution in [3.63, 3.8) is 0 Å². The fourth-order valence-corrected chi connectivity index (χ4v) is 6.30. The lowest BCUT2D eigenvalue weighted by Crippen LogP contribution is -2.52. The van der Waals surface area contributed by atoms with Gasteiger partial charge in [-0.05, 0) is 75.1 Å². The molecule has 2 aromatic rings. The Kier molecular flexibility index (Phi) is 5.26. The maximum Gasteiger partial charge on any atom is 0.262 e. The summed E-state index contributed by atoms with van der Waals surface area (Å²) in [6.45, 7) is 2.25. The van der Waals surface area contributed by atoms with Crippen LogP contribution in [0.4, 0.5) is 0 Å². The minimum Gasteiger partial charge on any atom is -0.446 e. The van der Waals surface area contributed by atoms with E-state index in [0.29, 0.717) is 24.8 Å². The zero-order chi connectivity index (χ0) is 24.2. The van der Waals surface area contributed by atoms with E-state index < -0.39 is 5.54 Å². The summed E-state index contributed by atoms with van der Waals surface area (Å²) in [5.41, 5.74) is 8.31. The van der Waals surface area contributed by atoms with Crippen molar-refractivity contribution < 1.29 is 13.9 Å². The van der Waals surface area contributed by atoms with Crippen LogP contribution in [0.5, 0.6) is 0 Å². The van der Waals surface area contributed by atoms with Crippen LogP contribution < -0.4 is 5.73 Å². The molecule has 2 heterocycles. The third-order valence-corrected chi connectivity index (χ3v) is 8.35. The number of fused-ring (bicyclic) bond motifs is 3. The van der Waals surface area contributed by atoms with Gasteiger partial charge in [0, 0.05) is 37.0 Å². The number of nitrogens with two attached hydrogens (primary N) is 1. The number of carbonyl (C=O) groups is 1. The number of benzene rings is 1. The Hall–Kier alpha value is -3.11. The molecule has 1 aromatic heterocycles. The molecule has 2 saturated carbocycles. The maximum absolute atomic E-state index is 14.4. The molecule has 1 atom stereocenters. The van der Waals surface area contributed by atoms with E-state index in [1.807, 2.05) is 6.92 Å². The predicted molar refractivity (Wildman–Crippen MR) is 131 cm³/mol. The van der Waals surface area contributed by atoms with E-state index in [-0.39, 0.29) is 23.4 Å². The number of guanidine groups is 1. The van der Waals surface area contributed by atoms with E-state index >= 15 is 0 Å². The SMILES string of the molecule is COC1CCC2(CC1)Cc1ccc(C#CC3CC3)cc1C21N=C(N)N(CCc2ncc(C)o2)C1=O. The number of rotatable bonds is 4. The summed E-state index contributed by atoms with van der Waals surface area (Å²) in [5.74, 6) is 8.83. The number of aromatic nitrogens is 1. The molecule has 2 N–H and O–H groups in total. The normalized spacial score (nSPS) is 29.4. The van der Waals surface area contributed by atoms with Crippen LogP contribution in [0.15, 0.2) is 33.8 Å². The third-order valence-electron chi connectivity index (χ3n) is 8.35. The number of methoxy groups -OCH3 is 1. The highest BCUT2D eigenvalue weighted by Gasteiger charge is 2.66. The largest absolute Gasteiger partial charge is 0.446 e. The van der Waals surface area contributed by atoms with E-state index in [2.05, 4.69) is 35.0 Å². The number of hydrogen-bond acceptors (Lipinski definition) is 6. The summed E-state index contributed by atoms with van der Waals surface area (Å²) in [6.07, 6.45) is 9.18. The van der Waals surface area contributed by atoms with E-state index in [1.54, 1.807) is 18.2 Å². The van der Waals surface area contributed by atoms with Crippen molar-refractivity contribution in [3.05, 3.63) is 52.7 Å². The molecule has 6 rings (SSSR count). The number of hydrogen-bond donors (Lipinski definition) is 1. The van der Waals surface area contributed by atoms with Gasteiger partial charge in [0.15, 0.2) is 17.4 Å². The maximum atomic E-state index is 14.4. The van der Waals surface area contributed by atoms with E-state index in [9.17, 15) is 4.79 Å². The second kappa shape index (κ2) is 8.23. The van der Waals surface area contributed by atoms with Gasteiger partial charge < -0.3 is 14.9 Å². The molecule has 1 unspecified atom stereocenters. The van der Waals surface area contributed by atoms with Crippen molar-refractivity contribution in [1.29, 1.82) is 0 Å². The molecule has 7 heteroatoms. The summed E-state index contributed by atoms with van der Waals surface area (Å²) in [5, 5.41) is 0. The van der Waals surface area contributed by atoms with Crippen molar-refractivity contribution in [3.8, 4) is 11.8 Å². The Bertz CT molecular complexity index is 1260. The van der Waals surface area contributed by atoms with Crippen LogP contribution in [-0.2, 0) is 27.9 Å². The van der Waals surface area contributed by atoms with Crippen LogP contribution in [0.2, 0.25) is 0 Å². The number of oxazole rings is 1. The van der Waals surface area contributed by atoms with Crippen LogP contribution in [0.1, 0.15) is 66.9 Å². The summed E-state index contributed by atoms with van der Waals surface area (Å²) in [6, 6.07) is 6.36. The monoisotopic (exact) mass is 472 g/mol. The molecule has 1 aromatic carbocycles. The Labute approximate surface area is 206 Å². The van der Waals surface area contributed by atoms with Crippen molar-refractivity contribution in [2.24, 2.45) is 22.1 Å². The number of nitrogens with zero attached hydrogens (tertiary/aromatic N) is 3. The van der Waals surface area contributed by atoms with Crippen molar-refractivity contribution in [2.45, 2.75) is 69.9 Å². The van der Waals surface area contributed by atoms with E-state index in [4.69, 9.17) is 19.9 Å². The first-order valence-electron chi connectivity index (χ1n) is 12.7. The Morgan fingerprint density at radius 3 is 2.74 bits per heavy atom. The lowest BCUT2D eigenvalue weighted by molar-refractivity contribution is -0.138. The van der Waals surface area contributed by atoms with Crippen molar-refractivity contribution in [2.75, 3.05) is 13.7 Å². The van der Waals surface area contributed by atoms with Crippen molar-refractivity contribution in [1.82, 2.24) is 9.88 Å². The van der Waals surface area contributed by atoms with Crippen LogP contribution in [0, 0.1) is 30.1 Å². The van der Waals surface area contributed by atoms with Crippen LogP contribution in [0.3, 0.4) is 0 Å². The Morgan fingerprint density at radius 1 is 1.26 bits per heavy atom. The molecule has 3 aliphatic carbocycles. The molecule has 2 fully saturated rings. The highest BCUT2D eigenvalue weighted by Crippen LogP contribution is 2.62. The van der Waals surface area contributed by atoms with Crippen LogP contribution in [-0.4, -0.2) is 41.5 Å². The predicted octanol–water partition coefficient (Wildman–Crippen LogP) is 3.47. The van der Waals surface area contributed by atoms with Crippen LogP contribution in [0.25, 0.3) is 0 Å². The third kappa shape index (κ3) is 3.58. The molecule has 7 nitrogen and oxygen atoms in total. The smallest absolute Gasteiger partial charge is 0.262 e. The van der Waals surface area contributed by atoms with Gasteiger partial charge in [-0.15, -0.1) is 0 Å². The molecular weight excluding hydrogens is 440 g/mol. The topological polar surface area (TPSA) is 93.9 Å². The van der Waals surface area contributed by atoms with E-state index in [1.165, 1.54) is 18.4 Å². The summed E-state index contributed by atoms with van der Waals surface area (Å²) in [4.78, 5) is 25.3. The zero-order valence-corrected chi connectivity index (χ0v) is 20.5. The van der Waals surface area contributed by atoms with Gasteiger partial charge in [-0.25, -0.2) is 9.98 Å². The summed E-state index contributed by atoms with van der Waals surface area (Å²) >= 11 is 0. The molecule has 4 aliphatic rings. The molecule has 0 saturated heterocycles. The highest BCUT2D eigenvalue weighted by atomic mass is 16.5. The first-order valence-corrected chi connectivity index (χ1v) is 12.7. The number of amides is 1. The molecule has 0 bridgehead atoms. The summed E-state index contributed by atoms with van der Waals surface area (Å²) < 4.78 is 11.3. The van der Waals surface area contributed by atoms with Gasteiger partial charge >= 0.3 is 0 Å². The number of aliphatic imine (C=N–C) groups is 1. The van der Waals surface area contributed by atoms with Crippen LogP contribution >= 0.6 is 0 Å². The average molecular weight is 473 g/mol. The standard InChI is InChI=1S/C28H32N4O3/c1-18-17-30-24(35-18)11-14-32-25(33)28(31-26(32)29)23-15-20(6-5-19-3-4-19)7-8-21(23)16-27(28)12-9-22(34-2)10-13-27/h7-8,15,17,19,22H,3-4,9-14,16H2,1-2H3,(H2,29,31). The minimum absolute atomic E-state index is 0.0276. The highest BCUT2D eigenvalue weighted by molar-refractivity contribution is 6.08. The number of carbonyl (C=O) groups excluding carboxylic acids is 1. The first-order chi connectivity index (χ1) is 16.9. The second-order valence-corrected chi connectivity index (χ2v) is 10.6. The number of ether oxygens (including phenoxy) is 1. The fraction of sp³-hybridized carbons (Fsp3) is 0.536. The lowest BCUT2D eigenvalue weighted by atomic mass is 9.61. The summed E-state index contributed by atoms with van der Waals surface area (Å²) in [7, 11) is 1.77. The van der Waals surface area contributed by atoms with Crippen molar-refractivity contribution >= 4 is 11.9 Å².